The summed E-state index contributed by atoms with van der Waals surface area (Å²) >= 11 is 0. The third-order valence-electron chi connectivity index (χ3n) is 3.51. The van der Waals surface area contributed by atoms with Crippen molar-refractivity contribution < 1.29 is 9.90 Å². The van der Waals surface area contributed by atoms with Crippen molar-refractivity contribution in [3.8, 4) is 0 Å². The molecule has 1 aromatic carbocycles. The van der Waals surface area contributed by atoms with Crippen LogP contribution in [-0.4, -0.2) is 23.7 Å². The number of rotatable bonds is 7. The molecule has 4 nitrogen and oxygen atoms in total. The van der Waals surface area contributed by atoms with Gasteiger partial charge < -0.3 is 16.2 Å². The molecule has 0 saturated carbocycles. The first-order valence-electron chi connectivity index (χ1n) is 6.86. The number of aliphatic hydroxyl groups excluding tert-OH is 1. The van der Waals surface area contributed by atoms with E-state index in [4.69, 9.17) is 5.73 Å². The molecular weight excluding hydrogens is 240 g/mol. The zero-order valence-corrected chi connectivity index (χ0v) is 11.7. The van der Waals surface area contributed by atoms with E-state index in [0.29, 0.717) is 12.2 Å². The molecule has 1 rings (SSSR count). The van der Waals surface area contributed by atoms with Crippen molar-refractivity contribution in [1.82, 2.24) is 5.32 Å². The second kappa shape index (κ2) is 7.79. The number of amides is 1. The highest BCUT2D eigenvalue weighted by Crippen LogP contribution is 2.13. The number of hydrogen-bond acceptors (Lipinski definition) is 3. The average molecular weight is 264 g/mol. The Balaban J connectivity index is 2.42. The number of hydrogen-bond donors (Lipinski definition) is 3. The van der Waals surface area contributed by atoms with E-state index >= 15 is 0 Å². The summed E-state index contributed by atoms with van der Waals surface area (Å²) in [5.41, 5.74) is 7.23. The third kappa shape index (κ3) is 4.91. The lowest BCUT2D eigenvalue weighted by Crippen LogP contribution is -2.36. The van der Waals surface area contributed by atoms with Gasteiger partial charge in [-0.3, -0.25) is 4.79 Å². The lowest BCUT2D eigenvalue weighted by atomic mass is 9.96. The maximum absolute atomic E-state index is 11.8. The van der Waals surface area contributed by atoms with Gasteiger partial charge in [-0.15, -0.1) is 0 Å². The first-order valence-corrected chi connectivity index (χ1v) is 6.86. The molecule has 0 saturated heterocycles. The molecule has 4 heteroatoms. The van der Waals surface area contributed by atoms with E-state index in [1.54, 1.807) is 6.07 Å². The molecule has 4 N–H and O–H groups in total. The van der Waals surface area contributed by atoms with E-state index in [2.05, 4.69) is 5.32 Å². The van der Waals surface area contributed by atoms with Gasteiger partial charge in [0, 0.05) is 12.2 Å². The maximum Gasteiger partial charge on any atom is 0.224 e. The number of carbonyl (C=O) groups is 1. The van der Waals surface area contributed by atoms with Crippen LogP contribution in [0.5, 0.6) is 0 Å². The summed E-state index contributed by atoms with van der Waals surface area (Å²) in [5, 5.41) is 12.7. The van der Waals surface area contributed by atoms with Crippen molar-refractivity contribution >= 4 is 11.6 Å². The number of nitrogen functional groups attached to an aromatic ring is 1. The van der Waals surface area contributed by atoms with Gasteiger partial charge in [-0.05, 0) is 17.5 Å². The lowest BCUT2D eigenvalue weighted by molar-refractivity contribution is -0.121. The summed E-state index contributed by atoms with van der Waals surface area (Å²) in [6, 6.07) is 7.32. The smallest absolute Gasteiger partial charge is 0.224 e. The van der Waals surface area contributed by atoms with Crippen LogP contribution in [0.2, 0.25) is 0 Å². The van der Waals surface area contributed by atoms with Crippen LogP contribution >= 0.6 is 0 Å². The molecule has 0 radical (unpaired) electrons. The number of nitrogens with one attached hydrogen (secondary N) is 1. The van der Waals surface area contributed by atoms with Gasteiger partial charge in [0.1, 0.15) is 0 Å². The van der Waals surface area contributed by atoms with E-state index in [9.17, 15) is 9.90 Å². The van der Waals surface area contributed by atoms with Crippen molar-refractivity contribution in [3.63, 3.8) is 0 Å². The highest BCUT2D eigenvalue weighted by molar-refractivity contribution is 5.80. The minimum absolute atomic E-state index is 0.108. The SMILES string of the molecule is CCC(CC)C(O)CNC(=O)Cc1ccccc1N. The van der Waals surface area contributed by atoms with E-state index < -0.39 is 6.10 Å². The molecule has 1 amide bonds. The first kappa shape index (κ1) is 15.5. The standard InChI is InChI=1S/C15H24N2O2/c1-3-11(4-2)14(18)10-17-15(19)9-12-7-5-6-8-13(12)16/h5-8,11,14,18H,3-4,9-10,16H2,1-2H3,(H,17,19). The Morgan fingerprint density at radius 2 is 1.95 bits per heavy atom. The van der Waals surface area contributed by atoms with Crippen LogP contribution in [0.4, 0.5) is 5.69 Å². The second-order valence-corrected chi connectivity index (χ2v) is 4.82. The molecule has 106 valence electrons. The number of carbonyl (C=O) groups excluding carboxylic acids is 1. The normalized spacial score (nSPS) is 12.4. The van der Waals surface area contributed by atoms with Gasteiger partial charge in [-0.1, -0.05) is 44.9 Å². The van der Waals surface area contributed by atoms with E-state index in [1.807, 2.05) is 32.0 Å². The van der Waals surface area contributed by atoms with Crippen LogP contribution in [-0.2, 0) is 11.2 Å². The fraction of sp³-hybridized carbons (Fsp3) is 0.533. The van der Waals surface area contributed by atoms with Crippen LogP contribution in [0, 0.1) is 5.92 Å². The fourth-order valence-corrected chi connectivity index (χ4v) is 2.15. The fourth-order valence-electron chi connectivity index (χ4n) is 2.15. The quantitative estimate of drug-likeness (QED) is 0.656. The Kier molecular flexibility index (Phi) is 6.36. The minimum atomic E-state index is -0.480. The molecule has 1 unspecified atom stereocenters. The van der Waals surface area contributed by atoms with E-state index in [-0.39, 0.29) is 18.2 Å². The van der Waals surface area contributed by atoms with Crippen molar-refractivity contribution in [1.29, 1.82) is 0 Å². The number of aliphatic hydroxyl groups is 1. The Morgan fingerprint density at radius 1 is 1.32 bits per heavy atom. The molecule has 1 atom stereocenters. The summed E-state index contributed by atoms with van der Waals surface area (Å²) in [6.45, 7) is 4.39. The zero-order chi connectivity index (χ0) is 14.3. The Bertz CT molecular complexity index is 403. The molecule has 0 aromatic heterocycles. The maximum atomic E-state index is 11.8. The van der Waals surface area contributed by atoms with Crippen molar-refractivity contribution in [2.24, 2.45) is 5.92 Å². The molecule has 0 aliphatic carbocycles. The largest absolute Gasteiger partial charge is 0.398 e. The van der Waals surface area contributed by atoms with Gasteiger partial charge in [0.2, 0.25) is 5.91 Å². The first-order chi connectivity index (χ1) is 9.08. The van der Waals surface area contributed by atoms with Gasteiger partial charge in [0.05, 0.1) is 12.5 Å². The summed E-state index contributed by atoms with van der Waals surface area (Å²) in [7, 11) is 0. The second-order valence-electron chi connectivity index (χ2n) is 4.82. The summed E-state index contributed by atoms with van der Waals surface area (Å²) in [5.74, 6) is 0.130. The van der Waals surface area contributed by atoms with Crippen molar-refractivity contribution in [2.45, 2.75) is 39.2 Å². The van der Waals surface area contributed by atoms with Crippen molar-refractivity contribution in [3.05, 3.63) is 29.8 Å². The van der Waals surface area contributed by atoms with Crippen LogP contribution in [0.1, 0.15) is 32.3 Å². The van der Waals surface area contributed by atoms with Crippen LogP contribution in [0.3, 0.4) is 0 Å². The highest BCUT2D eigenvalue weighted by Gasteiger charge is 2.16. The summed E-state index contributed by atoms with van der Waals surface area (Å²) < 4.78 is 0. The molecule has 0 bridgehead atoms. The molecule has 1 aromatic rings. The van der Waals surface area contributed by atoms with Gasteiger partial charge in [-0.2, -0.15) is 0 Å². The molecule has 0 spiro atoms. The minimum Gasteiger partial charge on any atom is -0.398 e. The predicted molar refractivity (Wildman–Crippen MR) is 77.6 cm³/mol. The molecular formula is C15H24N2O2. The monoisotopic (exact) mass is 264 g/mol. The predicted octanol–water partition coefficient (Wildman–Crippen LogP) is 1.72. The summed E-state index contributed by atoms with van der Waals surface area (Å²) in [4.78, 5) is 11.8. The van der Waals surface area contributed by atoms with Crippen LogP contribution in [0.25, 0.3) is 0 Å². The number of anilines is 1. The molecule has 19 heavy (non-hydrogen) atoms. The number of nitrogens with two attached hydrogens (primary N) is 1. The Morgan fingerprint density at radius 3 is 2.53 bits per heavy atom. The van der Waals surface area contributed by atoms with E-state index in [0.717, 1.165) is 18.4 Å². The third-order valence-corrected chi connectivity index (χ3v) is 3.51. The molecule has 0 fully saturated rings. The van der Waals surface area contributed by atoms with E-state index in [1.165, 1.54) is 0 Å². The van der Waals surface area contributed by atoms with Gasteiger partial charge in [0.15, 0.2) is 0 Å². The van der Waals surface area contributed by atoms with Gasteiger partial charge in [-0.25, -0.2) is 0 Å². The Labute approximate surface area is 115 Å². The highest BCUT2D eigenvalue weighted by atomic mass is 16.3. The number of para-hydroxylation sites is 1. The van der Waals surface area contributed by atoms with Crippen molar-refractivity contribution in [2.75, 3.05) is 12.3 Å². The zero-order valence-electron chi connectivity index (χ0n) is 11.7. The van der Waals surface area contributed by atoms with Crippen LogP contribution < -0.4 is 11.1 Å². The Hall–Kier alpha value is -1.55. The van der Waals surface area contributed by atoms with Gasteiger partial charge >= 0.3 is 0 Å². The molecule has 0 heterocycles. The molecule has 0 aliphatic heterocycles. The number of benzene rings is 1. The average Bonchev–Trinajstić information content (AvgIpc) is 2.40. The molecule has 0 aliphatic rings. The topological polar surface area (TPSA) is 75.3 Å². The van der Waals surface area contributed by atoms with Crippen LogP contribution in [0.15, 0.2) is 24.3 Å². The lowest BCUT2D eigenvalue weighted by Gasteiger charge is -2.20. The van der Waals surface area contributed by atoms with Gasteiger partial charge in [0.25, 0.3) is 0 Å². The summed E-state index contributed by atoms with van der Waals surface area (Å²) in [6.07, 6.45) is 1.60.